The lowest BCUT2D eigenvalue weighted by molar-refractivity contribution is -0.145. The minimum atomic E-state index is -4.75. The van der Waals surface area contributed by atoms with Crippen molar-refractivity contribution in [1.29, 1.82) is 0 Å². The minimum Gasteiger partial charge on any atom is -0.496 e. The molecule has 1 aliphatic rings. The topological polar surface area (TPSA) is 76.8 Å². The molecule has 0 bridgehead atoms. The van der Waals surface area contributed by atoms with Crippen molar-refractivity contribution in [1.82, 2.24) is 14.7 Å². The van der Waals surface area contributed by atoms with Crippen LogP contribution in [-0.4, -0.2) is 46.5 Å². The molecule has 3 rings (SSSR count). The van der Waals surface area contributed by atoms with Gasteiger partial charge in [-0.05, 0) is 26.0 Å². The van der Waals surface area contributed by atoms with Crippen LogP contribution in [0.15, 0.2) is 18.3 Å². The number of methoxy groups -OCH3 is 2. The summed E-state index contributed by atoms with van der Waals surface area (Å²) in [5.41, 5.74) is -0.701. The monoisotopic (exact) mass is 413 g/mol. The van der Waals surface area contributed by atoms with Crippen molar-refractivity contribution in [2.75, 3.05) is 20.8 Å². The Hall–Kier alpha value is -2.75. The van der Waals surface area contributed by atoms with E-state index in [0.29, 0.717) is 22.6 Å². The molecule has 0 aliphatic carbocycles. The van der Waals surface area contributed by atoms with Crippen LogP contribution in [0.25, 0.3) is 0 Å². The molecule has 1 unspecified atom stereocenters. The molecule has 7 nitrogen and oxygen atoms in total. The Kier molecular flexibility index (Phi) is 5.48. The molecule has 1 amide bonds. The van der Waals surface area contributed by atoms with E-state index in [1.807, 2.05) is 0 Å². The van der Waals surface area contributed by atoms with Crippen molar-refractivity contribution in [3.8, 4) is 11.5 Å². The Labute approximate surface area is 165 Å². The van der Waals surface area contributed by atoms with Gasteiger partial charge in [0.25, 0.3) is 5.91 Å². The number of fused-ring (bicyclic) bond motifs is 1. The van der Waals surface area contributed by atoms with Crippen molar-refractivity contribution in [3.63, 3.8) is 0 Å². The normalized spacial score (nSPS) is 16.7. The number of nitrogens with zero attached hydrogens (tertiary/aromatic N) is 3. The zero-order valence-electron chi connectivity index (χ0n) is 16.4. The Balaban J connectivity index is 2.04. The number of β-amino-alcohol motifs (C(OH)–C–C–N with tert-alkyl or cyclic N) is 1. The highest BCUT2D eigenvalue weighted by Crippen LogP contribution is 2.40. The average Bonchev–Trinajstić information content (AvgIpc) is 3.12. The summed E-state index contributed by atoms with van der Waals surface area (Å²) >= 11 is 0. The van der Waals surface area contributed by atoms with Crippen LogP contribution >= 0.6 is 0 Å². The molecule has 1 aliphatic heterocycles. The lowest BCUT2D eigenvalue weighted by Gasteiger charge is -2.34. The van der Waals surface area contributed by atoms with Gasteiger partial charge in [-0.2, -0.15) is 18.3 Å². The van der Waals surface area contributed by atoms with Gasteiger partial charge in [0.15, 0.2) is 5.69 Å². The molecule has 10 heteroatoms. The molecule has 1 aromatic carbocycles. The molecule has 1 aromatic heterocycles. The van der Waals surface area contributed by atoms with E-state index in [2.05, 4.69) is 5.10 Å². The van der Waals surface area contributed by atoms with Crippen molar-refractivity contribution in [2.24, 2.45) is 0 Å². The highest BCUT2D eigenvalue weighted by Gasteiger charge is 2.42. The molecule has 0 radical (unpaired) electrons. The molecular weight excluding hydrogens is 391 g/mol. The maximum atomic E-state index is 13.6. The summed E-state index contributed by atoms with van der Waals surface area (Å²) in [4.78, 5) is 14.2. The van der Waals surface area contributed by atoms with Crippen LogP contribution in [0.4, 0.5) is 13.2 Å². The molecule has 29 heavy (non-hydrogen) atoms. The minimum absolute atomic E-state index is 0.0320. The molecular formula is C19H22F3N3O4. The van der Waals surface area contributed by atoms with Gasteiger partial charge in [-0.3, -0.25) is 9.48 Å². The Morgan fingerprint density at radius 2 is 1.86 bits per heavy atom. The third-order valence-corrected chi connectivity index (χ3v) is 4.86. The third kappa shape index (κ3) is 3.64. The first kappa shape index (κ1) is 21.0. The number of benzene rings is 1. The molecule has 0 saturated carbocycles. The number of rotatable bonds is 4. The van der Waals surface area contributed by atoms with E-state index in [4.69, 9.17) is 9.47 Å². The van der Waals surface area contributed by atoms with Crippen LogP contribution in [0.3, 0.4) is 0 Å². The van der Waals surface area contributed by atoms with Gasteiger partial charge >= 0.3 is 6.18 Å². The van der Waals surface area contributed by atoms with E-state index in [1.165, 1.54) is 14.2 Å². The fourth-order valence-electron chi connectivity index (χ4n) is 3.59. The van der Waals surface area contributed by atoms with Gasteiger partial charge in [0.2, 0.25) is 0 Å². The fourth-order valence-corrected chi connectivity index (χ4v) is 3.59. The Morgan fingerprint density at radius 1 is 1.24 bits per heavy atom. The Morgan fingerprint density at radius 3 is 2.41 bits per heavy atom. The lowest BCUT2D eigenvalue weighted by Crippen LogP contribution is -2.39. The van der Waals surface area contributed by atoms with Crippen molar-refractivity contribution in [3.05, 3.63) is 40.7 Å². The highest BCUT2D eigenvalue weighted by molar-refractivity contribution is 5.95. The largest absolute Gasteiger partial charge is 0.496 e. The number of aromatic nitrogens is 2. The second-order valence-electron chi connectivity index (χ2n) is 7.01. The number of hydrogen-bond acceptors (Lipinski definition) is 5. The molecule has 1 atom stereocenters. The number of ether oxygens (including phenoxy) is 2. The van der Waals surface area contributed by atoms with E-state index in [-0.39, 0.29) is 13.1 Å². The van der Waals surface area contributed by atoms with Crippen LogP contribution in [0, 0.1) is 0 Å². The number of carbonyl (C=O) groups excluding carboxylic acids is 1. The second-order valence-corrected chi connectivity index (χ2v) is 7.01. The molecule has 158 valence electrons. The first-order valence-electron chi connectivity index (χ1n) is 8.95. The fraction of sp³-hybridized carbons (Fsp3) is 0.474. The zero-order chi connectivity index (χ0) is 21.5. The third-order valence-electron chi connectivity index (χ3n) is 4.86. The lowest BCUT2D eigenvalue weighted by atomic mass is 9.94. The number of amides is 1. The summed E-state index contributed by atoms with van der Waals surface area (Å²) in [5, 5.41) is 14.4. The second kappa shape index (κ2) is 7.58. The number of carbonyl (C=O) groups is 1. The summed E-state index contributed by atoms with van der Waals surface area (Å²) in [7, 11) is 2.88. The van der Waals surface area contributed by atoms with Gasteiger partial charge in [0.05, 0.1) is 39.1 Å². The van der Waals surface area contributed by atoms with Gasteiger partial charge in [0.1, 0.15) is 17.6 Å². The van der Waals surface area contributed by atoms with Crippen molar-refractivity contribution < 1.29 is 32.5 Å². The van der Waals surface area contributed by atoms with Gasteiger partial charge in [-0.25, -0.2) is 0 Å². The average molecular weight is 413 g/mol. The zero-order valence-corrected chi connectivity index (χ0v) is 16.4. The number of aliphatic hydroxyl groups is 1. The summed E-state index contributed by atoms with van der Waals surface area (Å²) in [6.45, 7) is 2.89. The standard InChI is InChI=1S/C19H22F3N3O4/c1-10(2)25-17(19(20,21)22)11(7-23-25)18(27)24-8-12-14(28-3)5-6-15(29-4)16(12)13(26)9-24/h5-7,10,13,26H,8-9H2,1-4H3. The maximum absolute atomic E-state index is 13.6. The predicted octanol–water partition coefficient (Wildman–Crippen LogP) is 3.19. The number of aliphatic hydroxyl groups excluding tert-OH is 1. The summed E-state index contributed by atoms with van der Waals surface area (Å²) in [6.07, 6.45) is -4.96. The predicted molar refractivity (Wildman–Crippen MR) is 96.9 cm³/mol. The Bertz CT molecular complexity index is 924. The van der Waals surface area contributed by atoms with E-state index in [1.54, 1.807) is 26.0 Å². The molecule has 0 spiro atoms. The number of alkyl halides is 3. The van der Waals surface area contributed by atoms with E-state index in [0.717, 1.165) is 15.8 Å². The van der Waals surface area contributed by atoms with Gasteiger partial charge in [-0.1, -0.05) is 0 Å². The van der Waals surface area contributed by atoms with Gasteiger partial charge in [-0.15, -0.1) is 0 Å². The van der Waals surface area contributed by atoms with Crippen LogP contribution in [-0.2, 0) is 12.7 Å². The number of hydrogen-bond donors (Lipinski definition) is 1. The molecule has 2 aromatic rings. The van der Waals surface area contributed by atoms with Crippen molar-refractivity contribution in [2.45, 2.75) is 38.7 Å². The van der Waals surface area contributed by atoms with Crippen molar-refractivity contribution >= 4 is 5.91 Å². The SMILES string of the molecule is COc1ccc(OC)c2c1CN(C(=O)c1cnn(C(C)C)c1C(F)(F)F)CC2O. The van der Waals surface area contributed by atoms with Gasteiger partial charge in [0, 0.05) is 17.2 Å². The molecule has 0 fully saturated rings. The molecule has 2 heterocycles. The van der Waals surface area contributed by atoms with Gasteiger partial charge < -0.3 is 19.5 Å². The van der Waals surface area contributed by atoms with E-state index >= 15 is 0 Å². The van der Waals surface area contributed by atoms with Crippen LogP contribution in [0.2, 0.25) is 0 Å². The highest BCUT2D eigenvalue weighted by atomic mass is 19.4. The summed E-state index contributed by atoms with van der Waals surface area (Å²) < 4.78 is 52.3. The van der Waals surface area contributed by atoms with Crippen LogP contribution < -0.4 is 9.47 Å². The van der Waals surface area contributed by atoms with E-state index < -0.39 is 35.5 Å². The number of halogens is 3. The maximum Gasteiger partial charge on any atom is 0.433 e. The summed E-state index contributed by atoms with van der Waals surface area (Å²) in [5.74, 6) is -0.0333. The first-order valence-corrected chi connectivity index (χ1v) is 8.95. The van der Waals surface area contributed by atoms with Crippen LogP contribution in [0.1, 0.15) is 53.2 Å². The van der Waals surface area contributed by atoms with Crippen LogP contribution in [0.5, 0.6) is 11.5 Å². The first-order chi connectivity index (χ1) is 13.6. The van der Waals surface area contributed by atoms with E-state index in [9.17, 15) is 23.1 Å². The summed E-state index contributed by atoms with van der Waals surface area (Å²) in [6, 6.07) is 2.67. The smallest absolute Gasteiger partial charge is 0.433 e. The molecule has 0 saturated heterocycles. The molecule has 1 N–H and O–H groups in total. The quantitative estimate of drug-likeness (QED) is 0.833.